The topological polar surface area (TPSA) is 32.3 Å². The average molecular weight is 368 g/mol. The summed E-state index contributed by atoms with van der Waals surface area (Å²) in [5, 5.41) is 5.75. The lowest BCUT2D eigenvalue weighted by molar-refractivity contribution is -0.118. The Morgan fingerprint density at radius 3 is 2.68 bits per heavy atom. The first-order chi connectivity index (χ1) is 13.4. The number of nitrogens with one attached hydrogen (secondary N) is 1. The number of carbonyl (C=O) groups is 1. The standard InChI is InChI=1S/C25H24N2O/c1-17-11-12-22-21(15-17)24(2,3)25(26-23(28)16-27(22)25)14-13-19-9-6-8-18-7-4-5-10-20(18)19/h4-15H,16H2,1-3H3,(H,26,28). The molecule has 1 unspecified atom stereocenters. The van der Waals surface area contributed by atoms with Crippen LogP contribution in [0.1, 0.15) is 30.5 Å². The van der Waals surface area contributed by atoms with Crippen LogP contribution in [0.3, 0.4) is 0 Å². The highest BCUT2D eigenvalue weighted by atomic mass is 16.2. The minimum Gasteiger partial charge on any atom is -0.335 e. The Morgan fingerprint density at radius 2 is 1.82 bits per heavy atom. The number of hydrogen-bond donors (Lipinski definition) is 1. The van der Waals surface area contributed by atoms with Crippen LogP contribution >= 0.6 is 0 Å². The van der Waals surface area contributed by atoms with Gasteiger partial charge in [-0.3, -0.25) is 4.79 Å². The van der Waals surface area contributed by atoms with Crippen LogP contribution in [0.4, 0.5) is 5.69 Å². The molecular weight excluding hydrogens is 344 g/mol. The monoisotopic (exact) mass is 368 g/mol. The smallest absolute Gasteiger partial charge is 0.241 e. The lowest BCUT2D eigenvalue weighted by atomic mass is 9.75. The molecule has 3 aromatic rings. The Morgan fingerprint density at radius 1 is 1.04 bits per heavy atom. The Bertz CT molecular complexity index is 1140. The molecule has 3 heteroatoms. The molecule has 0 aromatic heterocycles. The quantitative estimate of drug-likeness (QED) is 0.706. The van der Waals surface area contributed by atoms with Crippen molar-refractivity contribution in [2.24, 2.45) is 0 Å². The van der Waals surface area contributed by atoms with Gasteiger partial charge in [-0.1, -0.05) is 80.1 Å². The molecule has 0 radical (unpaired) electrons. The number of rotatable bonds is 2. The van der Waals surface area contributed by atoms with Crippen LogP contribution in [-0.2, 0) is 10.2 Å². The van der Waals surface area contributed by atoms with Crippen molar-refractivity contribution in [2.75, 3.05) is 11.4 Å². The van der Waals surface area contributed by atoms with Crippen LogP contribution in [0.5, 0.6) is 0 Å². The molecule has 2 aliphatic heterocycles. The Balaban J connectivity index is 1.67. The second-order valence-corrected chi connectivity index (χ2v) is 8.45. The first-order valence-corrected chi connectivity index (χ1v) is 9.79. The fourth-order valence-corrected chi connectivity index (χ4v) is 4.89. The molecule has 140 valence electrons. The van der Waals surface area contributed by atoms with Gasteiger partial charge in [0.2, 0.25) is 5.91 Å². The number of anilines is 1. The second-order valence-electron chi connectivity index (χ2n) is 8.45. The minimum absolute atomic E-state index is 0.0712. The number of carbonyl (C=O) groups excluding carboxylic acids is 1. The molecule has 3 aromatic carbocycles. The number of fused-ring (bicyclic) bond motifs is 4. The molecule has 2 heterocycles. The third kappa shape index (κ3) is 2.19. The summed E-state index contributed by atoms with van der Waals surface area (Å²) >= 11 is 0. The van der Waals surface area contributed by atoms with E-state index < -0.39 is 5.66 Å². The van der Waals surface area contributed by atoms with Gasteiger partial charge in [0.25, 0.3) is 0 Å². The van der Waals surface area contributed by atoms with E-state index in [1.807, 2.05) is 0 Å². The molecule has 28 heavy (non-hydrogen) atoms. The van der Waals surface area contributed by atoms with Crippen molar-refractivity contribution in [3.8, 4) is 0 Å². The number of amides is 1. The van der Waals surface area contributed by atoms with Gasteiger partial charge in [0.1, 0.15) is 5.66 Å². The van der Waals surface area contributed by atoms with Crippen molar-refractivity contribution in [2.45, 2.75) is 31.8 Å². The third-order valence-corrected chi connectivity index (χ3v) is 6.45. The summed E-state index contributed by atoms with van der Waals surface area (Å²) in [4.78, 5) is 14.7. The summed E-state index contributed by atoms with van der Waals surface area (Å²) in [6.07, 6.45) is 4.36. The number of hydrogen-bond acceptors (Lipinski definition) is 2. The Labute approximate surface area is 165 Å². The first-order valence-electron chi connectivity index (χ1n) is 9.79. The summed E-state index contributed by atoms with van der Waals surface area (Å²) in [6.45, 7) is 6.96. The summed E-state index contributed by atoms with van der Waals surface area (Å²) in [7, 11) is 0. The van der Waals surface area contributed by atoms with E-state index in [4.69, 9.17) is 0 Å². The zero-order chi connectivity index (χ0) is 19.5. The minimum atomic E-state index is -0.558. The molecule has 0 aliphatic carbocycles. The van der Waals surface area contributed by atoms with E-state index in [-0.39, 0.29) is 11.3 Å². The van der Waals surface area contributed by atoms with Crippen molar-refractivity contribution >= 4 is 28.4 Å². The zero-order valence-electron chi connectivity index (χ0n) is 16.5. The molecule has 1 atom stereocenters. The molecule has 2 aliphatic rings. The molecule has 0 saturated carbocycles. The van der Waals surface area contributed by atoms with Crippen LogP contribution < -0.4 is 10.2 Å². The molecule has 1 N–H and O–H groups in total. The lowest BCUT2D eigenvalue weighted by Gasteiger charge is -2.40. The zero-order valence-corrected chi connectivity index (χ0v) is 16.5. The van der Waals surface area contributed by atoms with E-state index in [2.05, 4.69) is 104 Å². The van der Waals surface area contributed by atoms with E-state index in [0.29, 0.717) is 6.54 Å². The summed E-state index contributed by atoms with van der Waals surface area (Å²) in [5.41, 5.74) is 4.04. The maximum absolute atomic E-state index is 12.5. The Kier molecular flexibility index (Phi) is 3.48. The van der Waals surface area contributed by atoms with Crippen molar-refractivity contribution < 1.29 is 4.79 Å². The summed E-state index contributed by atoms with van der Waals surface area (Å²) in [5.74, 6) is 0.0712. The fraction of sp³-hybridized carbons (Fsp3) is 0.240. The van der Waals surface area contributed by atoms with E-state index in [1.165, 1.54) is 21.9 Å². The summed E-state index contributed by atoms with van der Waals surface area (Å²) in [6, 6.07) is 21.3. The van der Waals surface area contributed by atoms with Gasteiger partial charge in [0.15, 0.2) is 0 Å². The number of aryl methyl sites for hydroxylation is 1. The van der Waals surface area contributed by atoms with Gasteiger partial charge < -0.3 is 10.2 Å². The highest BCUT2D eigenvalue weighted by Crippen LogP contribution is 2.53. The molecule has 0 bridgehead atoms. The maximum Gasteiger partial charge on any atom is 0.241 e. The Hall–Kier alpha value is -3.07. The van der Waals surface area contributed by atoms with Crippen LogP contribution in [-0.4, -0.2) is 18.1 Å². The maximum atomic E-state index is 12.5. The molecule has 1 fully saturated rings. The van der Waals surface area contributed by atoms with Crippen LogP contribution in [0.2, 0.25) is 0 Å². The van der Waals surface area contributed by atoms with Gasteiger partial charge in [-0.2, -0.15) is 0 Å². The first kappa shape index (κ1) is 17.1. The van der Waals surface area contributed by atoms with Crippen molar-refractivity contribution in [1.82, 2.24) is 5.32 Å². The van der Waals surface area contributed by atoms with Gasteiger partial charge in [-0.25, -0.2) is 0 Å². The van der Waals surface area contributed by atoms with E-state index in [0.717, 1.165) is 11.3 Å². The number of benzene rings is 3. The van der Waals surface area contributed by atoms with Crippen LogP contribution in [0.15, 0.2) is 66.7 Å². The van der Waals surface area contributed by atoms with Gasteiger partial charge in [0, 0.05) is 11.1 Å². The van der Waals surface area contributed by atoms with Gasteiger partial charge in [0.05, 0.1) is 6.54 Å². The number of nitrogens with zero attached hydrogens (tertiary/aromatic N) is 1. The van der Waals surface area contributed by atoms with Crippen LogP contribution in [0.25, 0.3) is 16.8 Å². The highest BCUT2D eigenvalue weighted by molar-refractivity contribution is 5.93. The van der Waals surface area contributed by atoms with E-state index >= 15 is 0 Å². The van der Waals surface area contributed by atoms with E-state index in [1.54, 1.807) is 0 Å². The molecule has 0 spiro atoms. The van der Waals surface area contributed by atoms with Gasteiger partial charge >= 0.3 is 0 Å². The van der Waals surface area contributed by atoms with Crippen LogP contribution in [0, 0.1) is 6.92 Å². The third-order valence-electron chi connectivity index (χ3n) is 6.45. The predicted molar refractivity (Wildman–Crippen MR) is 115 cm³/mol. The molecule has 1 amide bonds. The SMILES string of the molecule is Cc1ccc2c(c1)C(C)(C)C1(C=Cc3cccc4ccccc34)NC(=O)CN21. The predicted octanol–water partition coefficient (Wildman–Crippen LogP) is 4.79. The van der Waals surface area contributed by atoms with Crippen molar-refractivity contribution in [3.63, 3.8) is 0 Å². The molecule has 1 saturated heterocycles. The largest absolute Gasteiger partial charge is 0.335 e. The fourth-order valence-electron chi connectivity index (χ4n) is 4.89. The highest BCUT2D eigenvalue weighted by Gasteiger charge is 2.59. The molecular formula is C25H24N2O. The molecule has 3 nitrogen and oxygen atoms in total. The van der Waals surface area contributed by atoms with Gasteiger partial charge in [-0.05, 0) is 41.0 Å². The van der Waals surface area contributed by atoms with Crippen molar-refractivity contribution in [3.05, 3.63) is 83.4 Å². The van der Waals surface area contributed by atoms with E-state index in [9.17, 15) is 4.79 Å². The summed E-state index contributed by atoms with van der Waals surface area (Å²) < 4.78 is 0. The second kappa shape index (κ2) is 5.71. The normalized spacial score (nSPS) is 22.5. The molecule has 5 rings (SSSR count). The van der Waals surface area contributed by atoms with Crippen molar-refractivity contribution in [1.29, 1.82) is 0 Å². The van der Waals surface area contributed by atoms with Gasteiger partial charge in [-0.15, -0.1) is 0 Å². The lowest BCUT2D eigenvalue weighted by Crippen LogP contribution is -2.58. The average Bonchev–Trinajstić information content (AvgIpc) is 3.11.